The Morgan fingerprint density at radius 2 is 1.30 bits per heavy atom. The van der Waals surface area contributed by atoms with Crippen LogP contribution in [0.15, 0.2) is 84.9 Å². The lowest BCUT2D eigenvalue weighted by Gasteiger charge is -2.35. The van der Waals surface area contributed by atoms with E-state index in [-0.39, 0.29) is 0 Å². The van der Waals surface area contributed by atoms with Gasteiger partial charge in [0.1, 0.15) is 5.76 Å². The van der Waals surface area contributed by atoms with E-state index in [0.717, 1.165) is 16.7 Å². The molecule has 2 heteroatoms. The predicted molar refractivity (Wildman–Crippen MR) is 91.3 cm³/mol. The summed E-state index contributed by atoms with van der Waals surface area (Å²) in [5.74, 6) is -0.826. The average Bonchev–Trinajstić information content (AvgIpc) is 2.63. The summed E-state index contributed by atoms with van der Waals surface area (Å²) in [6.45, 7) is 0. The molecule has 0 bridgehead atoms. The highest BCUT2D eigenvalue weighted by atomic mass is 16.6. The van der Waals surface area contributed by atoms with Crippen LogP contribution < -0.4 is 0 Å². The van der Waals surface area contributed by atoms with Crippen molar-refractivity contribution in [3.05, 3.63) is 107 Å². The zero-order chi connectivity index (χ0) is 15.7. The largest absolute Gasteiger partial charge is 0.453 e. The van der Waals surface area contributed by atoms with Gasteiger partial charge >= 0.3 is 0 Å². The molecule has 1 atom stereocenters. The molecule has 23 heavy (non-hydrogen) atoms. The van der Waals surface area contributed by atoms with Crippen molar-refractivity contribution in [1.29, 1.82) is 0 Å². The summed E-state index contributed by atoms with van der Waals surface area (Å²) in [6, 6.07) is 27.1. The summed E-state index contributed by atoms with van der Waals surface area (Å²) < 4.78 is 6.09. The maximum absolute atomic E-state index is 11.4. The molecule has 0 aliphatic carbocycles. The minimum atomic E-state index is -1.49. The van der Waals surface area contributed by atoms with Gasteiger partial charge in [0.2, 0.25) is 0 Å². The first-order valence-corrected chi connectivity index (χ1v) is 7.61. The topological polar surface area (TPSA) is 29.5 Å². The predicted octanol–water partition coefficient (Wildman–Crippen LogP) is 4.41. The second kappa shape index (κ2) is 5.41. The lowest BCUT2D eigenvalue weighted by Crippen LogP contribution is -2.33. The number of rotatable bonds is 2. The van der Waals surface area contributed by atoms with Gasteiger partial charge in [-0.3, -0.25) is 0 Å². The van der Waals surface area contributed by atoms with E-state index in [0.29, 0.717) is 11.3 Å². The molecule has 0 saturated heterocycles. The number of benzene rings is 3. The molecule has 3 aromatic carbocycles. The third kappa shape index (κ3) is 2.33. The SMILES string of the molecule is OC1(c2ccccc2)OC(c2ccccc2)=Cc2ccccc21. The van der Waals surface area contributed by atoms with Gasteiger partial charge < -0.3 is 9.84 Å². The number of hydrogen-bond acceptors (Lipinski definition) is 2. The van der Waals surface area contributed by atoms with Gasteiger partial charge in [-0.05, 0) is 11.6 Å². The number of aliphatic hydroxyl groups is 1. The van der Waals surface area contributed by atoms with E-state index in [1.165, 1.54) is 0 Å². The molecule has 112 valence electrons. The van der Waals surface area contributed by atoms with E-state index in [1.807, 2.05) is 91.0 Å². The number of ether oxygens (including phenoxy) is 1. The van der Waals surface area contributed by atoms with Crippen molar-refractivity contribution in [2.75, 3.05) is 0 Å². The maximum Gasteiger partial charge on any atom is 0.262 e. The van der Waals surface area contributed by atoms with Crippen LogP contribution in [0.5, 0.6) is 0 Å². The Hall–Kier alpha value is -2.84. The highest BCUT2D eigenvalue weighted by Gasteiger charge is 2.39. The molecule has 1 aliphatic rings. The van der Waals surface area contributed by atoms with Crippen molar-refractivity contribution < 1.29 is 9.84 Å². The summed E-state index contributed by atoms with van der Waals surface area (Å²) in [5, 5.41) is 11.4. The lowest BCUT2D eigenvalue weighted by atomic mass is 9.90. The second-order valence-electron chi connectivity index (χ2n) is 5.57. The van der Waals surface area contributed by atoms with Gasteiger partial charge in [-0.1, -0.05) is 84.9 Å². The lowest BCUT2D eigenvalue weighted by molar-refractivity contribution is -0.130. The molecule has 1 heterocycles. The van der Waals surface area contributed by atoms with Gasteiger partial charge in [0.15, 0.2) is 0 Å². The van der Waals surface area contributed by atoms with Crippen molar-refractivity contribution >= 4 is 11.8 Å². The minimum absolute atomic E-state index is 0.663. The Morgan fingerprint density at radius 1 is 0.696 bits per heavy atom. The van der Waals surface area contributed by atoms with Crippen LogP contribution >= 0.6 is 0 Å². The van der Waals surface area contributed by atoms with Crippen molar-refractivity contribution in [2.24, 2.45) is 0 Å². The van der Waals surface area contributed by atoms with Crippen LogP contribution in [-0.2, 0) is 10.5 Å². The van der Waals surface area contributed by atoms with Crippen LogP contribution in [0.4, 0.5) is 0 Å². The van der Waals surface area contributed by atoms with Crippen molar-refractivity contribution in [2.45, 2.75) is 5.79 Å². The molecule has 0 spiro atoms. The first kappa shape index (κ1) is 13.8. The van der Waals surface area contributed by atoms with Crippen molar-refractivity contribution in [3.63, 3.8) is 0 Å². The van der Waals surface area contributed by atoms with E-state index in [9.17, 15) is 5.11 Å². The summed E-state index contributed by atoms with van der Waals surface area (Å²) in [4.78, 5) is 0. The zero-order valence-corrected chi connectivity index (χ0v) is 12.5. The molecule has 0 amide bonds. The van der Waals surface area contributed by atoms with Gasteiger partial charge in [-0.2, -0.15) is 0 Å². The second-order valence-corrected chi connectivity index (χ2v) is 5.57. The monoisotopic (exact) mass is 300 g/mol. The Kier molecular flexibility index (Phi) is 3.25. The Labute approximate surface area is 135 Å². The number of fused-ring (bicyclic) bond motifs is 1. The van der Waals surface area contributed by atoms with Crippen LogP contribution in [0.3, 0.4) is 0 Å². The van der Waals surface area contributed by atoms with Gasteiger partial charge in [-0.15, -0.1) is 0 Å². The van der Waals surface area contributed by atoms with Crippen molar-refractivity contribution in [1.82, 2.24) is 0 Å². The zero-order valence-electron chi connectivity index (χ0n) is 12.5. The molecule has 3 aromatic rings. The van der Waals surface area contributed by atoms with Crippen LogP contribution in [0.1, 0.15) is 22.3 Å². The van der Waals surface area contributed by atoms with Crippen LogP contribution in [0.25, 0.3) is 11.8 Å². The smallest absolute Gasteiger partial charge is 0.262 e. The fourth-order valence-electron chi connectivity index (χ4n) is 2.94. The Bertz CT molecular complexity index is 853. The van der Waals surface area contributed by atoms with Crippen LogP contribution in [-0.4, -0.2) is 5.11 Å². The molecule has 2 nitrogen and oxygen atoms in total. The first-order valence-electron chi connectivity index (χ1n) is 7.61. The summed E-state index contributed by atoms with van der Waals surface area (Å²) in [6.07, 6.45) is 1.97. The highest BCUT2D eigenvalue weighted by molar-refractivity contribution is 5.81. The minimum Gasteiger partial charge on any atom is -0.453 e. The molecule has 1 aliphatic heterocycles. The van der Waals surface area contributed by atoms with Crippen molar-refractivity contribution in [3.8, 4) is 0 Å². The van der Waals surface area contributed by atoms with E-state index < -0.39 is 5.79 Å². The number of hydrogen-bond donors (Lipinski definition) is 1. The molecule has 0 saturated carbocycles. The molecule has 1 unspecified atom stereocenters. The molecule has 0 fully saturated rings. The summed E-state index contributed by atoms with van der Waals surface area (Å²) in [7, 11) is 0. The van der Waals surface area contributed by atoms with E-state index in [4.69, 9.17) is 4.74 Å². The normalized spacial score (nSPS) is 19.4. The van der Waals surface area contributed by atoms with E-state index >= 15 is 0 Å². The van der Waals surface area contributed by atoms with Gasteiger partial charge in [0.05, 0.1) is 0 Å². The van der Waals surface area contributed by atoms with Gasteiger partial charge in [0, 0.05) is 16.7 Å². The van der Waals surface area contributed by atoms with Crippen LogP contribution in [0.2, 0.25) is 0 Å². The molecule has 4 rings (SSSR count). The van der Waals surface area contributed by atoms with Crippen LogP contribution in [0, 0.1) is 0 Å². The fourth-order valence-corrected chi connectivity index (χ4v) is 2.94. The molecule has 1 N–H and O–H groups in total. The Morgan fingerprint density at radius 3 is 2.04 bits per heavy atom. The molecule has 0 aromatic heterocycles. The Balaban J connectivity index is 1.91. The average molecular weight is 300 g/mol. The van der Waals surface area contributed by atoms with E-state index in [1.54, 1.807) is 0 Å². The van der Waals surface area contributed by atoms with Gasteiger partial charge in [-0.25, -0.2) is 0 Å². The maximum atomic E-state index is 11.4. The quantitative estimate of drug-likeness (QED) is 0.759. The fraction of sp³-hybridized carbons (Fsp3) is 0.0476. The molecule has 0 radical (unpaired) electrons. The first-order chi connectivity index (χ1) is 11.3. The summed E-state index contributed by atoms with van der Waals surface area (Å²) >= 11 is 0. The highest BCUT2D eigenvalue weighted by Crippen LogP contribution is 2.42. The molecular formula is C21H16O2. The van der Waals surface area contributed by atoms with E-state index in [2.05, 4.69) is 0 Å². The molecular weight excluding hydrogens is 284 g/mol. The third-order valence-corrected chi connectivity index (χ3v) is 4.09. The third-order valence-electron chi connectivity index (χ3n) is 4.09. The standard InChI is InChI=1S/C21H16O2/c22-21(18-12-5-2-6-13-18)19-14-8-7-11-17(19)15-20(23-21)16-9-3-1-4-10-16/h1-15,22H. The van der Waals surface area contributed by atoms with Gasteiger partial charge in [0.25, 0.3) is 5.79 Å². The summed E-state index contributed by atoms with van der Waals surface area (Å²) in [5.41, 5.74) is 3.38.